The van der Waals surface area contributed by atoms with Crippen LogP contribution in [0.1, 0.15) is 31.2 Å². The highest BCUT2D eigenvalue weighted by Crippen LogP contribution is 2.13. The van der Waals surface area contributed by atoms with Gasteiger partial charge in [0.1, 0.15) is 6.61 Å². The van der Waals surface area contributed by atoms with Gasteiger partial charge in [-0.05, 0) is 31.2 Å². The molecule has 1 aliphatic heterocycles. The molecule has 1 unspecified atom stereocenters. The second kappa shape index (κ2) is 7.14. The Labute approximate surface area is 114 Å². The molecule has 0 radical (unpaired) electrons. The first-order valence-electron chi connectivity index (χ1n) is 6.89. The third-order valence-corrected chi connectivity index (χ3v) is 3.41. The average Bonchev–Trinajstić information content (AvgIpc) is 2.42. The number of rotatable bonds is 2. The van der Waals surface area contributed by atoms with E-state index in [9.17, 15) is 9.90 Å². The minimum Gasteiger partial charge on any atom is -0.445 e. The van der Waals surface area contributed by atoms with Crippen LogP contribution in [0.4, 0.5) is 4.79 Å². The van der Waals surface area contributed by atoms with Gasteiger partial charge in [0.2, 0.25) is 0 Å². The molecule has 4 heteroatoms. The van der Waals surface area contributed by atoms with Gasteiger partial charge in [0, 0.05) is 13.1 Å². The number of carbonyl (C=O) groups excluding carboxylic acids is 1. The predicted molar refractivity (Wildman–Crippen MR) is 72.7 cm³/mol. The van der Waals surface area contributed by atoms with Gasteiger partial charge < -0.3 is 14.7 Å². The second-order valence-corrected chi connectivity index (χ2v) is 4.97. The van der Waals surface area contributed by atoms with Crippen molar-refractivity contribution in [3.8, 4) is 0 Å². The lowest BCUT2D eigenvalue weighted by Crippen LogP contribution is -2.36. The van der Waals surface area contributed by atoms with Crippen LogP contribution in [0, 0.1) is 0 Å². The molecule has 1 saturated heterocycles. The SMILES string of the molecule is O=C(OCc1ccccc1)N1CCCCC(O)CC1. The number of likely N-dealkylation sites (tertiary alicyclic amines) is 1. The highest BCUT2D eigenvalue weighted by Gasteiger charge is 2.18. The van der Waals surface area contributed by atoms with E-state index in [-0.39, 0.29) is 12.2 Å². The zero-order valence-corrected chi connectivity index (χ0v) is 11.1. The van der Waals surface area contributed by atoms with Gasteiger partial charge in [0.15, 0.2) is 0 Å². The molecule has 1 aliphatic rings. The minimum absolute atomic E-state index is 0.280. The van der Waals surface area contributed by atoms with E-state index in [4.69, 9.17) is 4.74 Å². The molecule has 0 aromatic heterocycles. The van der Waals surface area contributed by atoms with Crippen molar-refractivity contribution in [1.82, 2.24) is 4.90 Å². The molecule has 0 spiro atoms. The first kappa shape index (κ1) is 13.9. The monoisotopic (exact) mass is 263 g/mol. The fourth-order valence-electron chi connectivity index (χ4n) is 2.24. The van der Waals surface area contributed by atoms with E-state index in [1.165, 1.54) is 0 Å². The number of aliphatic hydroxyl groups excluding tert-OH is 1. The first-order valence-corrected chi connectivity index (χ1v) is 6.89. The van der Waals surface area contributed by atoms with E-state index in [0.717, 1.165) is 31.4 Å². The summed E-state index contributed by atoms with van der Waals surface area (Å²) in [5, 5.41) is 9.64. The lowest BCUT2D eigenvalue weighted by molar-refractivity contribution is 0.0763. The third-order valence-electron chi connectivity index (χ3n) is 3.41. The molecule has 1 heterocycles. The van der Waals surface area contributed by atoms with Crippen LogP contribution in [0.3, 0.4) is 0 Å². The number of amides is 1. The fourth-order valence-corrected chi connectivity index (χ4v) is 2.24. The number of hydrogen-bond acceptors (Lipinski definition) is 3. The highest BCUT2D eigenvalue weighted by molar-refractivity contribution is 5.67. The Hall–Kier alpha value is -1.55. The van der Waals surface area contributed by atoms with Gasteiger partial charge in [-0.25, -0.2) is 4.79 Å². The summed E-state index contributed by atoms with van der Waals surface area (Å²) in [6, 6.07) is 9.66. The Morgan fingerprint density at radius 3 is 2.79 bits per heavy atom. The number of benzene rings is 1. The van der Waals surface area contributed by atoms with Crippen molar-refractivity contribution >= 4 is 6.09 Å². The van der Waals surface area contributed by atoms with Crippen molar-refractivity contribution in [3.63, 3.8) is 0 Å². The van der Waals surface area contributed by atoms with Crippen LogP contribution in [0.25, 0.3) is 0 Å². The maximum Gasteiger partial charge on any atom is 0.410 e. The largest absolute Gasteiger partial charge is 0.445 e. The summed E-state index contributed by atoms with van der Waals surface area (Å²) in [6.45, 7) is 1.61. The molecule has 4 nitrogen and oxygen atoms in total. The molecule has 1 amide bonds. The number of hydrogen-bond donors (Lipinski definition) is 1. The Balaban J connectivity index is 1.81. The van der Waals surface area contributed by atoms with Gasteiger partial charge in [0.25, 0.3) is 0 Å². The van der Waals surface area contributed by atoms with Gasteiger partial charge in [-0.3, -0.25) is 0 Å². The molecule has 1 atom stereocenters. The molecule has 104 valence electrons. The van der Waals surface area contributed by atoms with E-state index >= 15 is 0 Å². The molecular formula is C15H21NO3. The van der Waals surface area contributed by atoms with Gasteiger partial charge in [0.05, 0.1) is 6.10 Å². The highest BCUT2D eigenvalue weighted by atomic mass is 16.6. The molecular weight excluding hydrogens is 242 g/mol. The van der Waals surface area contributed by atoms with Crippen molar-refractivity contribution in [2.45, 2.75) is 38.4 Å². The van der Waals surface area contributed by atoms with Gasteiger partial charge >= 0.3 is 6.09 Å². The van der Waals surface area contributed by atoms with Crippen LogP contribution in [0.5, 0.6) is 0 Å². The Bertz CT molecular complexity index is 394. The summed E-state index contributed by atoms with van der Waals surface area (Å²) >= 11 is 0. The third kappa shape index (κ3) is 4.56. The Morgan fingerprint density at radius 2 is 2.00 bits per heavy atom. The lowest BCUT2D eigenvalue weighted by Gasteiger charge is -2.26. The van der Waals surface area contributed by atoms with Crippen LogP contribution >= 0.6 is 0 Å². The van der Waals surface area contributed by atoms with Crippen molar-refractivity contribution in [3.05, 3.63) is 35.9 Å². The predicted octanol–water partition coefficient (Wildman–Crippen LogP) is 2.56. The maximum absolute atomic E-state index is 12.0. The fraction of sp³-hybridized carbons (Fsp3) is 0.533. The Kier molecular flexibility index (Phi) is 5.21. The van der Waals surface area contributed by atoms with Crippen LogP contribution in [-0.2, 0) is 11.3 Å². The standard InChI is InChI=1S/C15H21NO3/c17-14-8-4-5-10-16(11-9-14)15(18)19-12-13-6-2-1-3-7-13/h1-3,6-7,14,17H,4-5,8-12H2. The summed E-state index contributed by atoms with van der Waals surface area (Å²) in [4.78, 5) is 13.7. The van der Waals surface area contributed by atoms with Gasteiger partial charge in [-0.2, -0.15) is 0 Å². The summed E-state index contributed by atoms with van der Waals surface area (Å²) in [5.41, 5.74) is 0.989. The number of aliphatic hydroxyl groups is 1. The van der Waals surface area contributed by atoms with Crippen LogP contribution in [0.2, 0.25) is 0 Å². The van der Waals surface area contributed by atoms with E-state index < -0.39 is 0 Å². The molecule has 2 rings (SSSR count). The topological polar surface area (TPSA) is 49.8 Å². The van der Waals surface area contributed by atoms with E-state index in [0.29, 0.717) is 19.6 Å². The second-order valence-electron chi connectivity index (χ2n) is 4.97. The zero-order valence-electron chi connectivity index (χ0n) is 11.1. The van der Waals surface area contributed by atoms with Crippen molar-refractivity contribution in [1.29, 1.82) is 0 Å². The average molecular weight is 263 g/mol. The Morgan fingerprint density at radius 1 is 1.21 bits per heavy atom. The summed E-state index contributed by atoms with van der Waals surface area (Å²) in [6.07, 6.45) is 2.80. The smallest absolute Gasteiger partial charge is 0.410 e. The molecule has 1 fully saturated rings. The van der Waals surface area contributed by atoms with Crippen LogP contribution < -0.4 is 0 Å². The number of ether oxygens (including phenoxy) is 1. The van der Waals surface area contributed by atoms with E-state index in [1.807, 2.05) is 30.3 Å². The first-order chi connectivity index (χ1) is 9.25. The molecule has 19 heavy (non-hydrogen) atoms. The zero-order chi connectivity index (χ0) is 13.5. The molecule has 1 N–H and O–H groups in total. The van der Waals surface area contributed by atoms with Crippen LogP contribution in [0.15, 0.2) is 30.3 Å². The molecule has 0 saturated carbocycles. The lowest BCUT2D eigenvalue weighted by atomic mass is 10.1. The van der Waals surface area contributed by atoms with Gasteiger partial charge in [-0.1, -0.05) is 30.3 Å². The summed E-state index contributed by atoms with van der Waals surface area (Å²) < 4.78 is 5.30. The quantitative estimate of drug-likeness (QED) is 0.892. The number of carbonyl (C=O) groups is 1. The van der Waals surface area contributed by atoms with Crippen molar-refractivity contribution < 1.29 is 14.6 Å². The summed E-state index contributed by atoms with van der Waals surface area (Å²) in [7, 11) is 0. The molecule has 0 bridgehead atoms. The van der Waals surface area contributed by atoms with Crippen LogP contribution in [-0.4, -0.2) is 35.3 Å². The normalized spacial score (nSPS) is 20.5. The molecule has 1 aromatic rings. The minimum atomic E-state index is -0.287. The van der Waals surface area contributed by atoms with Gasteiger partial charge in [-0.15, -0.1) is 0 Å². The summed E-state index contributed by atoms with van der Waals surface area (Å²) in [5.74, 6) is 0. The number of nitrogens with zero attached hydrogens (tertiary/aromatic N) is 1. The molecule has 1 aromatic carbocycles. The molecule has 0 aliphatic carbocycles. The van der Waals surface area contributed by atoms with Crippen molar-refractivity contribution in [2.24, 2.45) is 0 Å². The van der Waals surface area contributed by atoms with E-state index in [1.54, 1.807) is 4.90 Å². The van der Waals surface area contributed by atoms with E-state index in [2.05, 4.69) is 0 Å². The maximum atomic E-state index is 12.0. The van der Waals surface area contributed by atoms with Crippen molar-refractivity contribution in [2.75, 3.05) is 13.1 Å².